The summed E-state index contributed by atoms with van der Waals surface area (Å²) in [5.41, 5.74) is 0.618. The van der Waals surface area contributed by atoms with E-state index >= 15 is 0 Å². The summed E-state index contributed by atoms with van der Waals surface area (Å²) in [7, 11) is 0. The number of furan rings is 1. The van der Waals surface area contributed by atoms with Crippen molar-refractivity contribution in [2.24, 2.45) is 0 Å². The van der Waals surface area contributed by atoms with Crippen LogP contribution in [0.5, 0.6) is 0 Å². The van der Waals surface area contributed by atoms with Crippen LogP contribution in [-0.4, -0.2) is 27.1 Å². The predicted octanol–water partition coefficient (Wildman–Crippen LogP) is 6.53. The molecule has 1 aromatic carbocycles. The van der Waals surface area contributed by atoms with E-state index in [1.807, 2.05) is 0 Å². The molecule has 2 amide bonds. The zero-order chi connectivity index (χ0) is 23.4. The lowest BCUT2D eigenvalue weighted by Gasteiger charge is -2.32. The zero-order valence-corrected chi connectivity index (χ0v) is 20.7. The van der Waals surface area contributed by atoms with Crippen molar-refractivity contribution >= 4 is 58.1 Å². The Balaban J connectivity index is 1.73. The number of aromatic nitrogens is 1. The second-order valence-corrected chi connectivity index (χ2v) is 10.1. The van der Waals surface area contributed by atoms with Crippen molar-refractivity contribution < 1.29 is 14.0 Å². The standard InChI is InChI=1S/C23H22Cl3N3O3S/c24-15-10-8-14(9-11-15)20(22(30)27-16-5-2-1-3-6-16)29(13-17-7-4-12-32-17)23(31)19-18(25)21(26)33-28-19/h4,7-12,16,20H,1-3,5-6,13H2,(H,27,30). The van der Waals surface area contributed by atoms with Crippen molar-refractivity contribution in [1.29, 1.82) is 0 Å². The van der Waals surface area contributed by atoms with Crippen LogP contribution in [0.15, 0.2) is 47.1 Å². The van der Waals surface area contributed by atoms with Gasteiger partial charge in [-0.3, -0.25) is 9.59 Å². The van der Waals surface area contributed by atoms with Crippen molar-refractivity contribution in [1.82, 2.24) is 14.6 Å². The highest BCUT2D eigenvalue weighted by atomic mass is 35.5. The number of nitrogens with one attached hydrogen (secondary N) is 1. The van der Waals surface area contributed by atoms with E-state index in [1.165, 1.54) is 17.6 Å². The van der Waals surface area contributed by atoms with Crippen molar-refractivity contribution in [2.45, 2.75) is 50.7 Å². The van der Waals surface area contributed by atoms with Crippen molar-refractivity contribution in [2.75, 3.05) is 0 Å². The summed E-state index contributed by atoms with van der Waals surface area (Å²) in [5, 5.41) is 3.74. The molecule has 2 aromatic heterocycles. The monoisotopic (exact) mass is 525 g/mol. The van der Waals surface area contributed by atoms with Crippen LogP contribution in [0.4, 0.5) is 0 Å². The van der Waals surface area contributed by atoms with Crippen molar-refractivity contribution in [3.8, 4) is 0 Å². The van der Waals surface area contributed by atoms with Crippen LogP contribution >= 0.6 is 46.3 Å². The molecule has 1 unspecified atom stereocenters. The summed E-state index contributed by atoms with van der Waals surface area (Å²) in [6.07, 6.45) is 6.65. The number of carbonyl (C=O) groups excluding carboxylic acids is 2. The van der Waals surface area contributed by atoms with Crippen molar-refractivity contribution in [3.05, 3.63) is 74.1 Å². The maximum Gasteiger partial charge on any atom is 0.276 e. The van der Waals surface area contributed by atoms with Gasteiger partial charge in [-0.05, 0) is 54.2 Å². The van der Waals surface area contributed by atoms with Gasteiger partial charge < -0.3 is 14.6 Å². The number of benzene rings is 1. The molecule has 4 rings (SSSR count). The summed E-state index contributed by atoms with van der Waals surface area (Å²) in [6, 6.07) is 9.46. The van der Waals surface area contributed by atoms with E-state index in [9.17, 15) is 9.59 Å². The average molecular weight is 527 g/mol. The second kappa shape index (κ2) is 10.9. The Morgan fingerprint density at radius 3 is 2.45 bits per heavy atom. The number of nitrogens with zero attached hydrogens (tertiary/aromatic N) is 2. The first-order valence-corrected chi connectivity index (χ1v) is 12.5. The Hall–Kier alpha value is -2.06. The molecule has 1 aliphatic rings. The molecule has 0 spiro atoms. The van der Waals surface area contributed by atoms with Gasteiger partial charge in [0.2, 0.25) is 5.91 Å². The number of amides is 2. The van der Waals surface area contributed by atoms with Gasteiger partial charge in [0.15, 0.2) is 5.69 Å². The van der Waals surface area contributed by atoms with E-state index in [1.54, 1.807) is 36.4 Å². The van der Waals surface area contributed by atoms with E-state index < -0.39 is 11.9 Å². The Kier molecular flexibility index (Phi) is 7.96. The third kappa shape index (κ3) is 5.72. The van der Waals surface area contributed by atoms with Gasteiger partial charge in [0.1, 0.15) is 21.2 Å². The van der Waals surface area contributed by atoms with Gasteiger partial charge in [-0.1, -0.05) is 66.2 Å². The van der Waals surface area contributed by atoms with Gasteiger partial charge in [-0.2, -0.15) is 4.37 Å². The predicted molar refractivity (Wildman–Crippen MR) is 130 cm³/mol. The number of hydrogen-bond donors (Lipinski definition) is 1. The molecule has 0 saturated heterocycles. The summed E-state index contributed by atoms with van der Waals surface area (Å²) in [4.78, 5) is 28.7. The molecular weight excluding hydrogens is 505 g/mol. The maximum atomic E-state index is 13.7. The van der Waals surface area contributed by atoms with Gasteiger partial charge in [0, 0.05) is 11.1 Å². The average Bonchev–Trinajstić information content (AvgIpc) is 3.45. The second-order valence-electron chi connectivity index (χ2n) is 7.93. The Labute approximate surface area is 211 Å². The summed E-state index contributed by atoms with van der Waals surface area (Å²) in [5.74, 6) is -0.273. The van der Waals surface area contributed by atoms with E-state index in [4.69, 9.17) is 39.2 Å². The molecule has 174 valence electrons. The lowest BCUT2D eigenvalue weighted by molar-refractivity contribution is -0.127. The minimum absolute atomic E-state index is 0.00246. The van der Waals surface area contributed by atoms with E-state index in [2.05, 4.69) is 9.69 Å². The summed E-state index contributed by atoms with van der Waals surface area (Å²) in [6.45, 7) is 0.0443. The molecule has 0 aliphatic heterocycles. The fraction of sp³-hybridized carbons (Fsp3) is 0.348. The quantitative estimate of drug-likeness (QED) is 0.380. The van der Waals surface area contributed by atoms with Crippen LogP contribution in [0.2, 0.25) is 14.4 Å². The van der Waals surface area contributed by atoms with Crippen LogP contribution in [0.1, 0.15) is 60.0 Å². The third-order valence-electron chi connectivity index (χ3n) is 5.66. The minimum Gasteiger partial charge on any atom is -0.467 e. The number of rotatable bonds is 7. The topological polar surface area (TPSA) is 75.4 Å². The van der Waals surface area contributed by atoms with Crippen molar-refractivity contribution in [3.63, 3.8) is 0 Å². The minimum atomic E-state index is -0.946. The number of hydrogen-bond acceptors (Lipinski definition) is 5. The molecule has 1 N–H and O–H groups in total. The Morgan fingerprint density at radius 1 is 1.12 bits per heavy atom. The smallest absolute Gasteiger partial charge is 0.276 e. The Morgan fingerprint density at radius 2 is 1.85 bits per heavy atom. The van der Waals surface area contributed by atoms with Crippen LogP contribution in [0.25, 0.3) is 0 Å². The van der Waals surface area contributed by atoms with Crippen LogP contribution in [0, 0.1) is 0 Å². The number of halogens is 3. The van der Waals surface area contributed by atoms with E-state index in [0.717, 1.165) is 37.2 Å². The van der Waals surface area contributed by atoms with Gasteiger partial charge in [0.25, 0.3) is 5.91 Å². The molecule has 1 saturated carbocycles. The van der Waals surface area contributed by atoms with Crippen LogP contribution in [-0.2, 0) is 11.3 Å². The van der Waals surface area contributed by atoms with E-state index in [-0.39, 0.29) is 33.5 Å². The van der Waals surface area contributed by atoms with Gasteiger partial charge in [-0.25, -0.2) is 0 Å². The van der Waals surface area contributed by atoms with Gasteiger partial charge in [-0.15, -0.1) is 0 Å². The molecule has 1 atom stereocenters. The first-order valence-electron chi connectivity index (χ1n) is 10.6. The highest BCUT2D eigenvalue weighted by Gasteiger charge is 2.36. The first-order chi connectivity index (χ1) is 15.9. The molecule has 1 fully saturated rings. The lowest BCUT2D eigenvalue weighted by atomic mass is 9.94. The number of carbonyl (C=O) groups is 2. The summed E-state index contributed by atoms with van der Waals surface area (Å²) < 4.78 is 9.85. The third-order valence-corrected chi connectivity index (χ3v) is 7.53. The van der Waals surface area contributed by atoms with Gasteiger partial charge >= 0.3 is 0 Å². The van der Waals surface area contributed by atoms with Gasteiger partial charge in [0.05, 0.1) is 12.8 Å². The zero-order valence-electron chi connectivity index (χ0n) is 17.6. The fourth-order valence-electron chi connectivity index (χ4n) is 4.02. The first kappa shape index (κ1) is 24.1. The molecule has 2 heterocycles. The molecule has 33 heavy (non-hydrogen) atoms. The van der Waals surface area contributed by atoms with Crippen LogP contribution in [0.3, 0.4) is 0 Å². The molecule has 0 bridgehead atoms. The SMILES string of the molecule is O=C(NC1CCCCC1)C(c1ccc(Cl)cc1)N(Cc1ccco1)C(=O)c1nsc(Cl)c1Cl. The highest BCUT2D eigenvalue weighted by Crippen LogP contribution is 2.33. The fourth-order valence-corrected chi connectivity index (χ4v) is 5.14. The molecule has 3 aromatic rings. The normalized spacial score (nSPS) is 15.2. The largest absolute Gasteiger partial charge is 0.467 e. The highest BCUT2D eigenvalue weighted by molar-refractivity contribution is 7.11. The lowest BCUT2D eigenvalue weighted by Crippen LogP contribution is -2.47. The molecular formula is C23H22Cl3N3O3S. The summed E-state index contributed by atoms with van der Waals surface area (Å²) >= 11 is 19.3. The molecule has 0 radical (unpaired) electrons. The maximum absolute atomic E-state index is 13.7. The molecule has 6 nitrogen and oxygen atoms in total. The van der Waals surface area contributed by atoms with Crippen LogP contribution < -0.4 is 5.32 Å². The van der Waals surface area contributed by atoms with E-state index in [0.29, 0.717) is 16.3 Å². The Bertz CT molecular complexity index is 1100. The molecule has 10 heteroatoms. The molecule has 1 aliphatic carbocycles.